The van der Waals surface area contributed by atoms with Gasteiger partial charge in [-0.05, 0) is 12.1 Å². The molecule has 0 saturated heterocycles. The van der Waals surface area contributed by atoms with Crippen molar-refractivity contribution in [3.63, 3.8) is 0 Å². The maximum atomic E-state index is 11.6. The number of hydrogen-bond acceptors (Lipinski definition) is 4. The molecule has 19 heavy (non-hydrogen) atoms. The summed E-state index contributed by atoms with van der Waals surface area (Å²) < 4.78 is 6.83. The molecule has 1 heterocycles. The maximum Gasteiger partial charge on any atom is 0.239 e. The van der Waals surface area contributed by atoms with Gasteiger partial charge < -0.3 is 20.4 Å². The van der Waals surface area contributed by atoms with Crippen LogP contribution in [0.4, 0.5) is 0 Å². The second-order valence-electron chi connectivity index (χ2n) is 4.28. The Kier molecular flexibility index (Phi) is 4.48. The van der Waals surface area contributed by atoms with Crippen molar-refractivity contribution in [2.45, 2.75) is 12.6 Å². The number of amides is 1. The normalized spacial score (nSPS) is 12.5. The molecule has 1 amide bonds. The summed E-state index contributed by atoms with van der Waals surface area (Å²) >= 11 is 0. The molecule has 0 aliphatic carbocycles. The topological polar surface area (TPSA) is 82.2 Å². The number of para-hydroxylation sites is 2. The predicted octanol–water partition coefficient (Wildman–Crippen LogP) is 0.126. The van der Waals surface area contributed by atoms with Gasteiger partial charge in [0.05, 0.1) is 24.0 Å². The second kappa shape index (κ2) is 6.31. The number of hydrogen-bond donors (Lipinski definition) is 2. The summed E-state index contributed by atoms with van der Waals surface area (Å²) in [6, 6.07) is 7.25. The summed E-state index contributed by atoms with van der Waals surface area (Å²) in [5, 5.41) is 2.78. The van der Waals surface area contributed by atoms with E-state index in [1.165, 1.54) is 7.11 Å². The smallest absolute Gasteiger partial charge is 0.239 e. The first kappa shape index (κ1) is 13.5. The number of carbonyl (C=O) groups is 1. The average molecular weight is 262 g/mol. The molecule has 0 spiro atoms. The van der Waals surface area contributed by atoms with Crippen LogP contribution in [0.1, 0.15) is 0 Å². The van der Waals surface area contributed by atoms with Gasteiger partial charge in [-0.15, -0.1) is 0 Å². The lowest BCUT2D eigenvalue weighted by Crippen LogP contribution is -2.44. The summed E-state index contributed by atoms with van der Waals surface area (Å²) in [5.41, 5.74) is 7.62. The van der Waals surface area contributed by atoms with Gasteiger partial charge in [0.25, 0.3) is 0 Å². The van der Waals surface area contributed by atoms with Crippen LogP contribution < -0.4 is 11.1 Å². The van der Waals surface area contributed by atoms with E-state index in [1.54, 1.807) is 6.33 Å². The van der Waals surface area contributed by atoms with Gasteiger partial charge in [0, 0.05) is 20.2 Å². The van der Waals surface area contributed by atoms with E-state index in [1.807, 2.05) is 28.8 Å². The average Bonchev–Trinajstić information content (AvgIpc) is 2.82. The number of methoxy groups -OCH3 is 1. The molecule has 0 radical (unpaired) electrons. The van der Waals surface area contributed by atoms with Crippen molar-refractivity contribution in [1.29, 1.82) is 0 Å². The minimum absolute atomic E-state index is 0.203. The molecule has 6 nitrogen and oxygen atoms in total. The van der Waals surface area contributed by atoms with Crippen LogP contribution in [0.15, 0.2) is 30.6 Å². The largest absolute Gasteiger partial charge is 0.383 e. The first-order valence-corrected chi connectivity index (χ1v) is 6.14. The number of rotatable bonds is 6. The van der Waals surface area contributed by atoms with Crippen LogP contribution >= 0.6 is 0 Å². The van der Waals surface area contributed by atoms with E-state index >= 15 is 0 Å². The van der Waals surface area contributed by atoms with Crippen LogP contribution in [-0.2, 0) is 16.1 Å². The minimum atomic E-state index is -0.621. The second-order valence-corrected chi connectivity index (χ2v) is 4.28. The molecule has 0 aliphatic heterocycles. The van der Waals surface area contributed by atoms with Crippen LogP contribution in [0.3, 0.4) is 0 Å². The van der Waals surface area contributed by atoms with Crippen LogP contribution in [0.5, 0.6) is 0 Å². The minimum Gasteiger partial charge on any atom is -0.383 e. The van der Waals surface area contributed by atoms with Crippen molar-refractivity contribution in [3.05, 3.63) is 30.6 Å². The zero-order valence-corrected chi connectivity index (χ0v) is 10.9. The van der Waals surface area contributed by atoms with Gasteiger partial charge in [-0.2, -0.15) is 0 Å². The predicted molar refractivity (Wildman–Crippen MR) is 72.6 cm³/mol. The van der Waals surface area contributed by atoms with Gasteiger partial charge in [0.15, 0.2) is 0 Å². The first-order valence-electron chi connectivity index (χ1n) is 6.14. The van der Waals surface area contributed by atoms with E-state index in [-0.39, 0.29) is 12.5 Å². The molecule has 6 heteroatoms. The third-order valence-electron chi connectivity index (χ3n) is 2.86. The summed E-state index contributed by atoms with van der Waals surface area (Å²) in [7, 11) is 1.52. The summed E-state index contributed by atoms with van der Waals surface area (Å²) in [6.07, 6.45) is 1.77. The molecule has 0 aliphatic rings. The van der Waals surface area contributed by atoms with Crippen LogP contribution in [0, 0.1) is 0 Å². The molecule has 2 rings (SSSR count). The molecule has 0 saturated carbocycles. The number of ether oxygens (including phenoxy) is 1. The molecule has 1 unspecified atom stereocenters. The molecule has 2 aromatic rings. The fourth-order valence-electron chi connectivity index (χ4n) is 1.87. The molecule has 3 N–H and O–H groups in total. The zero-order valence-electron chi connectivity index (χ0n) is 10.9. The molecule has 0 bridgehead atoms. The molecule has 1 atom stereocenters. The number of nitrogens with two attached hydrogens (primary N) is 1. The summed E-state index contributed by atoms with van der Waals surface area (Å²) in [5.74, 6) is -0.203. The summed E-state index contributed by atoms with van der Waals surface area (Å²) in [6.45, 7) is 1.39. The van der Waals surface area contributed by atoms with E-state index in [4.69, 9.17) is 10.5 Å². The van der Waals surface area contributed by atoms with Gasteiger partial charge in [-0.25, -0.2) is 4.98 Å². The molecule has 1 aromatic carbocycles. The SMILES string of the molecule is COCC(N)C(=O)NCCn1cnc2ccccc21. The Morgan fingerprint density at radius 1 is 1.53 bits per heavy atom. The van der Waals surface area contributed by atoms with Crippen molar-refractivity contribution in [1.82, 2.24) is 14.9 Å². The molecular weight excluding hydrogens is 244 g/mol. The van der Waals surface area contributed by atoms with Gasteiger partial charge in [-0.1, -0.05) is 12.1 Å². The zero-order chi connectivity index (χ0) is 13.7. The molecular formula is C13H18N4O2. The lowest BCUT2D eigenvalue weighted by atomic mass is 10.3. The van der Waals surface area contributed by atoms with Crippen molar-refractivity contribution in [2.24, 2.45) is 5.73 Å². The number of carbonyl (C=O) groups excluding carboxylic acids is 1. The van der Waals surface area contributed by atoms with E-state index in [2.05, 4.69) is 10.3 Å². The molecule has 102 valence electrons. The van der Waals surface area contributed by atoms with Crippen molar-refractivity contribution >= 4 is 16.9 Å². The van der Waals surface area contributed by atoms with E-state index < -0.39 is 6.04 Å². The maximum absolute atomic E-state index is 11.6. The van der Waals surface area contributed by atoms with Crippen LogP contribution in [-0.4, -0.2) is 41.8 Å². The highest BCUT2D eigenvalue weighted by atomic mass is 16.5. The van der Waals surface area contributed by atoms with Crippen molar-refractivity contribution in [3.8, 4) is 0 Å². The van der Waals surface area contributed by atoms with E-state index in [0.717, 1.165) is 11.0 Å². The van der Waals surface area contributed by atoms with Crippen molar-refractivity contribution in [2.75, 3.05) is 20.3 Å². The third kappa shape index (κ3) is 3.30. The Morgan fingerprint density at radius 2 is 2.32 bits per heavy atom. The van der Waals surface area contributed by atoms with E-state index in [9.17, 15) is 4.79 Å². The number of nitrogens with zero attached hydrogens (tertiary/aromatic N) is 2. The Morgan fingerprint density at radius 3 is 3.11 bits per heavy atom. The monoisotopic (exact) mass is 262 g/mol. The van der Waals surface area contributed by atoms with Crippen LogP contribution in [0.25, 0.3) is 11.0 Å². The van der Waals surface area contributed by atoms with Gasteiger partial charge in [0.1, 0.15) is 6.04 Å². The Bertz CT molecular complexity index is 552. The Hall–Kier alpha value is -1.92. The quantitative estimate of drug-likeness (QED) is 0.775. The van der Waals surface area contributed by atoms with E-state index in [0.29, 0.717) is 13.1 Å². The lowest BCUT2D eigenvalue weighted by Gasteiger charge is -2.11. The Balaban J connectivity index is 1.87. The van der Waals surface area contributed by atoms with Crippen LogP contribution in [0.2, 0.25) is 0 Å². The lowest BCUT2D eigenvalue weighted by molar-refractivity contribution is -0.123. The number of imidazole rings is 1. The van der Waals surface area contributed by atoms with Gasteiger partial charge in [-0.3, -0.25) is 4.79 Å². The number of aromatic nitrogens is 2. The number of fused-ring (bicyclic) bond motifs is 1. The Labute approximate surface area is 111 Å². The molecule has 1 aromatic heterocycles. The third-order valence-corrected chi connectivity index (χ3v) is 2.86. The van der Waals surface area contributed by atoms with Gasteiger partial charge >= 0.3 is 0 Å². The number of nitrogens with one attached hydrogen (secondary N) is 1. The fraction of sp³-hybridized carbons (Fsp3) is 0.385. The standard InChI is InChI=1S/C13H18N4O2/c1-19-8-10(14)13(18)15-6-7-17-9-16-11-4-2-3-5-12(11)17/h2-5,9-10H,6-8,14H2,1H3,(H,15,18). The summed E-state index contributed by atoms with van der Waals surface area (Å²) in [4.78, 5) is 15.9. The first-order chi connectivity index (χ1) is 9.22. The highest BCUT2D eigenvalue weighted by molar-refractivity contribution is 5.81. The molecule has 0 fully saturated rings. The van der Waals surface area contributed by atoms with Crippen molar-refractivity contribution < 1.29 is 9.53 Å². The van der Waals surface area contributed by atoms with Gasteiger partial charge in [0.2, 0.25) is 5.91 Å². The highest BCUT2D eigenvalue weighted by Crippen LogP contribution is 2.10. The fourth-order valence-corrected chi connectivity index (χ4v) is 1.87. The number of benzene rings is 1. The highest BCUT2D eigenvalue weighted by Gasteiger charge is 2.12.